The number of nitrogens with zero attached hydrogens (tertiary/aromatic N) is 2. The molecule has 1 aromatic carbocycles. The van der Waals surface area contributed by atoms with Crippen LogP contribution in [-0.2, 0) is 10.7 Å². The number of carbonyl (C=O) groups is 3. The molecule has 1 aliphatic carbocycles. The molecule has 0 bridgehead atoms. The zero-order valence-corrected chi connectivity index (χ0v) is 16.8. The first-order valence-corrected chi connectivity index (χ1v) is 10.8. The van der Waals surface area contributed by atoms with Gasteiger partial charge < -0.3 is 5.32 Å². The van der Waals surface area contributed by atoms with Crippen LogP contribution >= 0.6 is 22.9 Å². The van der Waals surface area contributed by atoms with Gasteiger partial charge in [-0.05, 0) is 30.9 Å². The zero-order valence-electron chi connectivity index (χ0n) is 15.2. The highest BCUT2D eigenvalue weighted by atomic mass is 35.5. The molecule has 2 unspecified atom stereocenters. The van der Waals surface area contributed by atoms with E-state index in [-0.39, 0.29) is 36.1 Å². The summed E-state index contributed by atoms with van der Waals surface area (Å²) in [5, 5.41) is 5.23. The lowest BCUT2D eigenvalue weighted by molar-refractivity contribution is -0.122. The summed E-state index contributed by atoms with van der Waals surface area (Å²) in [6.45, 7) is 0.273. The normalized spacial score (nSPS) is 21.7. The third-order valence-corrected chi connectivity index (χ3v) is 6.54. The van der Waals surface area contributed by atoms with E-state index in [4.69, 9.17) is 11.6 Å². The third kappa shape index (κ3) is 3.56. The van der Waals surface area contributed by atoms with Gasteiger partial charge >= 0.3 is 0 Å². The van der Waals surface area contributed by atoms with E-state index in [1.807, 2.05) is 5.38 Å². The maximum absolute atomic E-state index is 12.9. The minimum Gasteiger partial charge on any atom is -0.302 e. The Kier molecular flexibility index (Phi) is 5.46. The van der Waals surface area contributed by atoms with E-state index in [1.165, 1.54) is 16.2 Å². The summed E-state index contributed by atoms with van der Waals surface area (Å²) in [6.07, 6.45) is 3.51. The number of benzene rings is 1. The predicted molar refractivity (Wildman–Crippen MR) is 108 cm³/mol. The van der Waals surface area contributed by atoms with E-state index in [0.29, 0.717) is 22.1 Å². The van der Waals surface area contributed by atoms with Crippen molar-refractivity contribution in [2.45, 2.75) is 31.6 Å². The molecule has 1 aliphatic heterocycles. The lowest BCUT2D eigenvalue weighted by Crippen LogP contribution is -2.41. The fraction of sp³-hybridized carbons (Fsp3) is 0.400. The topological polar surface area (TPSA) is 79.4 Å². The minimum atomic E-state index is -0.267. The van der Waals surface area contributed by atoms with E-state index in [0.717, 1.165) is 31.4 Å². The number of rotatable bonds is 5. The van der Waals surface area contributed by atoms with E-state index < -0.39 is 0 Å². The number of alkyl halides is 1. The summed E-state index contributed by atoms with van der Waals surface area (Å²) >= 11 is 7.12. The average Bonchev–Trinajstić information content (AvgIpc) is 3.27. The third-order valence-electron chi connectivity index (χ3n) is 5.46. The van der Waals surface area contributed by atoms with Crippen molar-refractivity contribution in [1.29, 1.82) is 0 Å². The van der Waals surface area contributed by atoms with Crippen LogP contribution in [0.2, 0.25) is 0 Å². The highest BCUT2D eigenvalue weighted by Gasteiger charge is 2.40. The van der Waals surface area contributed by atoms with Gasteiger partial charge in [0.15, 0.2) is 5.13 Å². The van der Waals surface area contributed by atoms with Crippen LogP contribution in [0.1, 0.15) is 52.1 Å². The van der Waals surface area contributed by atoms with E-state index in [2.05, 4.69) is 10.3 Å². The van der Waals surface area contributed by atoms with E-state index >= 15 is 0 Å². The van der Waals surface area contributed by atoms with Gasteiger partial charge in [-0.3, -0.25) is 19.3 Å². The average molecular weight is 418 g/mol. The molecule has 146 valence electrons. The van der Waals surface area contributed by atoms with Crippen LogP contribution in [-0.4, -0.2) is 34.2 Å². The van der Waals surface area contributed by atoms with Crippen LogP contribution in [0.15, 0.2) is 29.6 Å². The van der Waals surface area contributed by atoms with Gasteiger partial charge in [0.05, 0.1) is 22.7 Å². The number of nitrogens with one attached hydrogen (secondary N) is 1. The number of halogens is 1. The second-order valence-electron chi connectivity index (χ2n) is 7.18. The first-order chi connectivity index (χ1) is 13.6. The Labute approximate surface area is 171 Å². The maximum Gasteiger partial charge on any atom is 0.261 e. The zero-order chi connectivity index (χ0) is 19.7. The van der Waals surface area contributed by atoms with Crippen molar-refractivity contribution in [1.82, 2.24) is 9.88 Å². The molecule has 28 heavy (non-hydrogen) atoms. The molecular formula is C20H20ClN3O3S. The Morgan fingerprint density at radius 2 is 1.86 bits per heavy atom. The van der Waals surface area contributed by atoms with Gasteiger partial charge in [0.2, 0.25) is 5.91 Å². The fourth-order valence-corrected chi connectivity index (χ4v) is 4.98. The van der Waals surface area contributed by atoms with Crippen molar-refractivity contribution >= 4 is 45.8 Å². The first kappa shape index (κ1) is 19.1. The SMILES string of the molecule is O=C(Nc1nc(CCl)cs1)C1CCCCC1CN1C(=O)c2ccccc2C1=O. The molecule has 0 radical (unpaired) electrons. The number of fused-ring (bicyclic) bond motifs is 1. The first-order valence-electron chi connectivity index (χ1n) is 9.35. The molecule has 4 rings (SSSR count). The van der Waals surface area contributed by atoms with Crippen molar-refractivity contribution in [2.24, 2.45) is 11.8 Å². The number of hydrogen-bond donors (Lipinski definition) is 1. The molecule has 2 atom stereocenters. The number of aromatic nitrogens is 1. The quantitative estimate of drug-likeness (QED) is 0.590. The molecule has 2 aromatic rings. The van der Waals surface area contributed by atoms with Gasteiger partial charge in [0.1, 0.15) is 0 Å². The molecule has 2 heterocycles. The number of carbonyl (C=O) groups excluding carboxylic acids is 3. The van der Waals surface area contributed by atoms with Crippen molar-refractivity contribution in [3.63, 3.8) is 0 Å². The maximum atomic E-state index is 12.9. The van der Waals surface area contributed by atoms with Crippen LogP contribution in [0.25, 0.3) is 0 Å². The molecule has 1 N–H and O–H groups in total. The lowest BCUT2D eigenvalue weighted by Gasteiger charge is -2.32. The largest absolute Gasteiger partial charge is 0.302 e. The van der Waals surface area contributed by atoms with Crippen molar-refractivity contribution < 1.29 is 14.4 Å². The van der Waals surface area contributed by atoms with Gasteiger partial charge in [-0.1, -0.05) is 25.0 Å². The van der Waals surface area contributed by atoms with Crippen molar-refractivity contribution in [3.05, 3.63) is 46.5 Å². The number of anilines is 1. The summed E-state index contributed by atoms with van der Waals surface area (Å²) in [5.41, 5.74) is 1.62. The Balaban J connectivity index is 1.48. The summed E-state index contributed by atoms with van der Waals surface area (Å²) < 4.78 is 0. The molecule has 1 saturated carbocycles. The molecule has 0 spiro atoms. The number of amides is 3. The van der Waals surface area contributed by atoms with E-state index in [1.54, 1.807) is 24.3 Å². The Morgan fingerprint density at radius 1 is 1.18 bits per heavy atom. The minimum absolute atomic E-state index is 0.0524. The van der Waals surface area contributed by atoms with Crippen molar-refractivity contribution in [2.75, 3.05) is 11.9 Å². The Bertz CT molecular complexity index is 894. The molecule has 1 aromatic heterocycles. The van der Waals surface area contributed by atoms with Crippen LogP contribution in [0, 0.1) is 11.8 Å². The van der Waals surface area contributed by atoms with Gasteiger partial charge in [-0.25, -0.2) is 4.98 Å². The molecule has 2 aliphatic rings. The number of hydrogen-bond acceptors (Lipinski definition) is 5. The fourth-order valence-electron chi connectivity index (χ4n) is 4.03. The summed E-state index contributed by atoms with van der Waals surface area (Å²) in [6, 6.07) is 6.87. The van der Waals surface area contributed by atoms with Crippen molar-refractivity contribution in [3.8, 4) is 0 Å². The smallest absolute Gasteiger partial charge is 0.261 e. The molecule has 8 heteroatoms. The van der Waals surface area contributed by atoms with E-state index in [9.17, 15) is 14.4 Å². The second-order valence-corrected chi connectivity index (χ2v) is 8.31. The Hall–Kier alpha value is -2.25. The summed E-state index contributed by atoms with van der Waals surface area (Å²) in [7, 11) is 0. The van der Waals surface area contributed by atoms with Crippen LogP contribution < -0.4 is 5.32 Å². The van der Waals surface area contributed by atoms with Gasteiger partial charge in [0, 0.05) is 17.8 Å². The van der Waals surface area contributed by atoms with Crippen LogP contribution in [0.5, 0.6) is 0 Å². The number of thiazole rings is 1. The molecule has 6 nitrogen and oxygen atoms in total. The Morgan fingerprint density at radius 3 is 2.50 bits per heavy atom. The number of imide groups is 1. The van der Waals surface area contributed by atoms with Crippen LogP contribution in [0.4, 0.5) is 5.13 Å². The lowest BCUT2D eigenvalue weighted by atomic mass is 9.78. The monoisotopic (exact) mass is 417 g/mol. The molecule has 0 saturated heterocycles. The van der Waals surface area contributed by atoms with Gasteiger partial charge in [-0.2, -0.15) is 0 Å². The highest BCUT2D eigenvalue weighted by molar-refractivity contribution is 7.14. The molecule has 1 fully saturated rings. The van der Waals surface area contributed by atoms with Crippen LogP contribution in [0.3, 0.4) is 0 Å². The summed E-state index contributed by atoms with van der Waals surface area (Å²) in [5.74, 6) is -0.631. The molecular weight excluding hydrogens is 398 g/mol. The second kappa shape index (κ2) is 8.01. The highest BCUT2D eigenvalue weighted by Crippen LogP contribution is 2.34. The van der Waals surface area contributed by atoms with Gasteiger partial charge in [0.25, 0.3) is 11.8 Å². The standard InChI is InChI=1S/C20H20ClN3O3S/c21-9-13-11-28-20(22-13)23-17(25)14-6-2-1-5-12(14)10-24-18(26)15-7-3-4-8-16(15)19(24)27/h3-4,7-8,11-12,14H,1-2,5-6,9-10H2,(H,22,23,25). The molecule has 3 amide bonds. The summed E-state index contributed by atoms with van der Waals surface area (Å²) in [4.78, 5) is 43.8. The predicted octanol–water partition coefficient (Wildman–Crippen LogP) is 3.92. The van der Waals surface area contributed by atoms with Gasteiger partial charge in [-0.15, -0.1) is 22.9 Å².